The summed E-state index contributed by atoms with van der Waals surface area (Å²) in [7, 11) is 0. The quantitative estimate of drug-likeness (QED) is 0.791. The Labute approximate surface area is 122 Å². The maximum absolute atomic E-state index is 6.04. The summed E-state index contributed by atoms with van der Waals surface area (Å²) in [5, 5.41) is 8.42. The van der Waals surface area contributed by atoms with Crippen LogP contribution in [0.25, 0.3) is 5.69 Å². The van der Waals surface area contributed by atoms with Crippen molar-refractivity contribution < 1.29 is 0 Å². The monoisotopic (exact) mass is 284 g/mol. The third kappa shape index (κ3) is 2.65. The first-order valence-corrected chi connectivity index (χ1v) is 6.61. The lowest BCUT2D eigenvalue weighted by Gasteiger charge is -2.09. The van der Waals surface area contributed by atoms with E-state index in [0.29, 0.717) is 5.02 Å². The molecule has 0 unspecified atom stereocenters. The van der Waals surface area contributed by atoms with Gasteiger partial charge in [-0.2, -0.15) is 5.10 Å². The number of aryl methyl sites for hydroxylation is 1. The second-order valence-electron chi connectivity index (χ2n) is 4.40. The molecule has 1 N–H and O–H groups in total. The normalized spacial score (nSPS) is 10.5. The Morgan fingerprint density at radius 2 is 2.00 bits per heavy atom. The topological polar surface area (TPSA) is 42.7 Å². The molecule has 0 radical (unpaired) electrons. The number of nitrogens with one attached hydrogen (secondary N) is 1. The molecule has 0 amide bonds. The maximum Gasteiger partial charge on any atom is 0.135 e. The number of hydrogen-bond donors (Lipinski definition) is 1. The maximum atomic E-state index is 6.04. The molecule has 0 atom stereocenters. The van der Waals surface area contributed by atoms with Gasteiger partial charge in [0.1, 0.15) is 11.6 Å². The summed E-state index contributed by atoms with van der Waals surface area (Å²) in [6, 6.07) is 15.3. The van der Waals surface area contributed by atoms with Crippen LogP contribution >= 0.6 is 11.6 Å². The van der Waals surface area contributed by atoms with Crippen molar-refractivity contribution in [1.82, 2.24) is 14.8 Å². The lowest BCUT2D eigenvalue weighted by atomic mass is 10.3. The van der Waals surface area contributed by atoms with E-state index in [4.69, 9.17) is 11.6 Å². The summed E-state index contributed by atoms with van der Waals surface area (Å²) in [4.78, 5) is 4.26. The highest BCUT2D eigenvalue weighted by atomic mass is 35.5. The molecule has 5 heteroatoms. The average Bonchev–Trinajstić information content (AvgIpc) is 2.81. The van der Waals surface area contributed by atoms with E-state index in [-0.39, 0.29) is 0 Å². The first kappa shape index (κ1) is 12.7. The summed E-state index contributed by atoms with van der Waals surface area (Å²) in [6.07, 6.45) is 1.75. The van der Waals surface area contributed by atoms with Crippen LogP contribution in [-0.4, -0.2) is 14.8 Å². The molecule has 0 aliphatic heterocycles. The second kappa shape index (κ2) is 5.35. The van der Waals surface area contributed by atoms with Crippen LogP contribution in [0, 0.1) is 6.92 Å². The first-order chi connectivity index (χ1) is 9.72. The van der Waals surface area contributed by atoms with Gasteiger partial charge in [-0.3, -0.25) is 0 Å². The van der Waals surface area contributed by atoms with Gasteiger partial charge in [-0.25, -0.2) is 9.67 Å². The first-order valence-electron chi connectivity index (χ1n) is 6.23. The van der Waals surface area contributed by atoms with Crippen molar-refractivity contribution in [3.8, 4) is 5.69 Å². The van der Waals surface area contributed by atoms with Gasteiger partial charge in [-0.15, -0.1) is 0 Å². The van der Waals surface area contributed by atoms with E-state index in [1.807, 2.05) is 60.1 Å². The molecule has 0 bridgehead atoms. The van der Waals surface area contributed by atoms with E-state index >= 15 is 0 Å². The Morgan fingerprint density at radius 3 is 2.75 bits per heavy atom. The van der Waals surface area contributed by atoms with Crippen LogP contribution in [0.5, 0.6) is 0 Å². The van der Waals surface area contributed by atoms with Crippen LogP contribution in [0.1, 0.15) is 5.69 Å². The van der Waals surface area contributed by atoms with Crippen molar-refractivity contribution in [2.75, 3.05) is 5.32 Å². The molecule has 0 spiro atoms. The molecule has 0 aliphatic carbocycles. The zero-order valence-corrected chi connectivity index (χ0v) is 11.7. The fourth-order valence-corrected chi connectivity index (χ4v) is 2.15. The summed E-state index contributed by atoms with van der Waals surface area (Å²) in [6.45, 7) is 1.95. The minimum absolute atomic E-state index is 0.680. The highest BCUT2D eigenvalue weighted by Crippen LogP contribution is 2.22. The molecular weight excluding hydrogens is 272 g/mol. The highest BCUT2D eigenvalue weighted by molar-refractivity contribution is 6.30. The number of halogens is 1. The van der Waals surface area contributed by atoms with Gasteiger partial charge >= 0.3 is 0 Å². The molecule has 100 valence electrons. The molecular formula is C15H13ClN4. The van der Waals surface area contributed by atoms with E-state index in [9.17, 15) is 0 Å². The minimum Gasteiger partial charge on any atom is -0.325 e. The smallest absolute Gasteiger partial charge is 0.135 e. The molecule has 2 heterocycles. The third-order valence-corrected chi connectivity index (χ3v) is 3.04. The molecule has 0 aliphatic rings. The van der Waals surface area contributed by atoms with E-state index in [2.05, 4.69) is 15.4 Å². The number of pyridine rings is 1. The van der Waals surface area contributed by atoms with Crippen molar-refractivity contribution in [1.29, 1.82) is 0 Å². The fraction of sp³-hybridized carbons (Fsp3) is 0.0667. The standard InChI is InChI=1S/C15H13ClN4/c1-11-9-15(18-14-7-2-3-8-17-14)20(19-11)13-6-4-5-12(16)10-13/h2-10H,1H3,(H,17,18). The van der Waals surface area contributed by atoms with Crippen LogP contribution in [-0.2, 0) is 0 Å². The molecule has 3 rings (SSSR count). The van der Waals surface area contributed by atoms with Crippen LogP contribution in [0.2, 0.25) is 5.02 Å². The van der Waals surface area contributed by atoms with Gasteiger partial charge in [0.05, 0.1) is 11.4 Å². The van der Waals surface area contributed by atoms with Crippen LogP contribution in [0.4, 0.5) is 11.6 Å². The van der Waals surface area contributed by atoms with E-state index in [0.717, 1.165) is 23.0 Å². The number of rotatable bonds is 3. The fourth-order valence-electron chi connectivity index (χ4n) is 1.96. The van der Waals surface area contributed by atoms with Crippen molar-refractivity contribution >= 4 is 23.2 Å². The number of anilines is 2. The SMILES string of the molecule is Cc1cc(Nc2ccccn2)n(-c2cccc(Cl)c2)n1. The molecule has 0 saturated heterocycles. The van der Waals surface area contributed by atoms with Gasteiger partial charge in [0.2, 0.25) is 0 Å². The Kier molecular flexibility index (Phi) is 3.39. The summed E-state index contributed by atoms with van der Waals surface area (Å²) < 4.78 is 1.82. The van der Waals surface area contributed by atoms with Gasteiger partial charge < -0.3 is 5.32 Å². The third-order valence-electron chi connectivity index (χ3n) is 2.81. The number of nitrogens with zero attached hydrogens (tertiary/aromatic N) is 3. The second-order valence-corrected chi connectivity index (χ2v) is 4.84. The number of hydrogen-bond acceptors (Lipinski definition) is 3. The average molecular weight is 285 g/mol. The molecule has 0 saturated carbocycles. The molecule has 0 fully saturated rings. The highest BCUT2D eigenvalue weighted by Gasteiger charge is 2.08. The van der Waals surface area contributed by atoms with Gasteiger partial charge in [0.15, 0.2) is 0 Å². The van der Waals surface area contributed by atoms with E-state index < -0.39 is 0 Å². The Bertz CT molecular complexity index is 722. The Morgan fingerprint density at radius 1 is 1.10 bits per heavy atom. The summed E-state index contributed by atoms with van der Waals surface area (Å²) in [5.74, 6) is 1.62. The number of aromatic nitrogens is 3. The molecule has 3 aromatic rings. The summed E-state index contributed by atoms with van der Waals surface area (Å²) >= 11 is 6.04. The zero-order valence-electron chi connectivity index (χ0n) is 10.9. The van der Waals surface area contributed by atoms with Crippen molar-refractivity contribution in [3.05, 3.63) is 65.4 Å². The lowest BCUT2D eigenvalue weighted by Crippen LogP contribution is -2.03. The van der Waals surface area contributed by atoms with Crippen molar-refractivity contribution in [2.45, 2.75) is 6.92 Å². The predicted octanol–water partition coefficient (Wildman–Crippen LogP) is 3.97. The molecule has 1 aromatic carbocycles. The Balaban J connectivity index is 2.00. The molecule has 2 aromatic heterocycles. The lowest BCUT2D eigenvalue weighted by molar-refractivity contribution is 0.868. The predicted molar refractivity (Wildman–Crippen MR) is 80.8 cm³/mol. The summed E-state index contributed by atoms with van der Waals surface area (Å²) in [5.41, 5.74) is 1.83. The van der Waals surface area contributed by atoms with Crippen LogP contribution in [0.15, 0.2) is 54.7 Å². The van der Waals surface area contributed by atoms with Crippen molar-refractivity contribution in [2.24, 2.45) is 0 Å². The van der Waals surface area contributed by atoms with E-state index in [1.165, 1.54) is 0 Å². The van der Waals surface area contributed by atoms with Gasteiger partial charge in [-0.1, -0.05) is 23.7 Å². The van der Waals surface area contributed by atoms with E-state index in [1.54, 1.807) is 6.20 Å². The van der Waals surface area contributed by atoms with Crippen LogP contribution < -0.4 is 5.32 Å². The number of benzene rings is 1. The minimum atomic E-state index is 0.680. The zero-order chi connectivity index (χ0) is 13.9. The Hall–Kier alpha value is -2.33. The van der Waals surface area contributed by atoms with Gasteiger partial charge in [-0.05, 0) is 37.3 Å². The largest absolute Gasteiger partial charge is 0.325 e. The van der Waals surface area contributed by atoms with Gasteiger partial charge in [0.25, 0.3) is 0 Å². The van der Waals surface area contributed by atoms with Crippen molar-refractivity contribution in [3.63, 3.8) is 0 Å². The molecule has 20 heavy (non-hydrogen) atoms. The van der Waals surface area contributed by atoms with Crippen LogP contribution in [0.3, 0.4) is 0 Å². The van der Waals surface area contributed by atoms with Gasteiger partial charge in [0, 0.05) is 17.3 Å². The molecule has 4 nitrogen and oxygen atoms in total.